The lowest BCUT2D eigenvalue weighted by Crippen LogP contribution is -2.24. The van der Waals surface area contributed by atoms with Crippen LogP contribution in [0.4, 0.5) is 5.69 Å². The standard InChI is InChI=1S/C22H26N4O2/c1-15(2)16-7-9-17(10-8-16)23-20(27)11-12-25-13-14-26-21(22(25)28)18-5-3-4-6-19(18)24-26/h7-10,13-15H,3-6,11-12H2,1-2H3,(H,23,27). The molecule has 4 rings (SSSR count). The third-order valence-electron chi connectivity index (χ3n) is 5.47. The van der Waals surface area contributed by atoms with E-state index in [1.807, 2.05) is 30.5 Å². The van der Waals surface area contributed by atoms with E-state index in [0.717, 1.165) is 42.6 Å². The Morgan fingerprint density at radius 3 is 2.64 bits per heavy atom. The van der Waals surface area contributed by atoms with Crippen molar-refractivity contribution in [3.63, 3.8) is 0 Å². The van der Waals surface area contributed by atoms with E-state index < -0.39 is 0 Å². The fourth-order valence-corrected chi connectivity index (χ4v) is 3.83. The van der Waals surface area contributed by atoms with Crippen molar-refractivity contribution in [1.82, 2.24) is 14.2 Å². The molecule has 6 heteroatoms. The monoisotopic (exact) mass is 378 g/mol. The molecule has 0 spiro atoms. The summed E-state index contributed by atoms with van der Waals surface area (Å²) in [6.07, 6.45) is 7.86. The van der Waals surface area contributed by atoms with E-state index in [1.165, 1.54) is 5.56 Å². The largest absolute Gasteiger partial charge is 0.326 e. The van der Waals surface area contributed by atoms with Gasteiger partial charge in [0.2, 0.25) is 5.91 Å². The molecule has 6 nitrogen and oxygen atoms in total. The minimum Gasteiger partial charge on any atom is -0.326 e. The fraction of sp³-hybridized carbons (Fsp3) is 0.409. The van der Waals surface area contributed by atoms with Crippen molar-refractivity contribution in [3.8, 4) is 0 Å². The Morgan fingerprint density at radius 2 is 1.89 bits per heavy atom. The quantitative estimate of drug-likeness (QED) is 0.738. The second kappa shape index (κ2) is 7.62. The Hall–Kier alpha value is -2.89. The lowest BCUT2D eigenvalue weighted by atomic mass is 9.97. The SMILES string of the molecule is CC(C)c1ccc(NC(=O)CCn2ccn3nc4c(c3c2=O)CCCC4)cc1. The maximum atomic E-state index is 12.9. The molecule has 2 aromatic heterocycles. The number of hydrogen-bond acceptors (Lipinski definition) is 3. The van der Waals surface area contributed by atoms with Crippen molar-refractivity contribution < 1.29 is 4.79 Å². The Morgan fingerprint density at radius 1 is 1.14 bits per heavy atom. The Kier molecular flexibility index (Phi) is 5.03. The highest BCUT2D eigenvalue weighted by Gasteiger charge is 2.19. The fourth-order valence-electron chi connectivity index (χ4n) is 3.83. The highest BCUT2D eigenvalue weighted by molar-refractivity contribution is 5.90. The first kappa shape index (κ1) is 18.5. The summed E-state index contributed by atoms with van der Waals surface area (Å²) in [6.45, 7) is 4.63. The number of fused-ring (bicyclic) bond motifs is 3. The molecule has 1 aliphatic rings. The van der Waals surface area contributed by atoms with Gasteiger partial charge in [-0.05, 0) is 49.3 Å². The van der Waals surface area contributed by atoms with Gasteiger partial charge in [0.05, 0.1) is 5.69 Å². The van der Waals surface area contributed by atoms with Crippen LogP contribution in [0.5, 0.6) is 0 Å². The van der Waals surface area contributed by atoms with Crippen LogP contribution < -0.4 is 10.9 Å². The van der Waals surface area contributed by atoms with Crippen LogP contribution in [0.2, 0.25) is 0 Å². The van der Waals surface area contributed by atoms with Gasteiger partial charge in [0.15, 0.2) is 0 Å². The first-order chi connectivity index (χ1) is 13.5. The van der Waals surface area contributed by atoms with Crippen molar-refractivity contribution in [3.05, 3.63) is 63.8 Å². The first-order valence-corrected chi connectivity index (χ1v) is 10.0. The number of hydrogen-bond donors (Lipinski definition) is 1. The molecule has 1 N–H and O–H groups in total. The van der Waals surface area contributed by atoms with E-state index in [4.69, 9.17) is 0 Å². The van der Waals surface area contributed by atoms with Gasteiger partial charge in [-0.15, -0.1) is 0 Å². The van der Waals surface area contributed by atoms with Crippen LogP contribution in [-0.4, -0.2) is 20.1 Å². The number of amides is 1. The van der Waals surface area contributed by atoms with E-state index in [1.54, 1.807) is 15.3 Å². The Balaban J connectivity index is 1.45. The zero-order valence-electron chi connectivity index (χ0n) is 16.4. The van der Waals surface area contributed by atoms with E-state index in [-0.39, 0.29) is 17.9 Å². The molecule has 0 saturated heterocycles. The van der Waals surface area contributed by atoms with E-state index in [2.05, 4.69) is 24.3 Å². The van der Waals surface area contributed by atoms with Gasteiger partial charge in [-0.2, -0.15) is 5.10 Å². The maximum Gasteiger partial charge on any atom is 0.276 e. The molecule has 3 aromatic rings. The van der Waals surface area contributed by atoms with Gasteiger partial charge < -0.3 is 9.88 Å². The van der Waals surface area contributed by atoms with Gasteiger partial charge in [0.25, 0.3) is 5.56 Å². The summed E-state index contributed by atoms with van der Waals surface area (Å²) < 4.78 is 3.32. The maximum absolute atomic E-state index is 12.9. The van der Waals surface area contributed by atoms with Crippen LogP contribution in [0.3, 0.4) is 0 Å². The molecule has 2 heterocycles. The zero-order chi connectivity index (χ0) is 19.7. The number of carbonyl (C=O) groups excluding carboxylic acids is 1. The van der Waals surface area contributed by atoms with Crippen LogP contribution in [0.25, 0.3) is 5.52 Å². The molecule has 0 atom stereocenters. The smallest absolute Gasteiger partial charge is 0.276 e. The summed E-state index contributed by atoms with van der Waals surface area (Å²) in [5.74, 6) is 0.362. The summed E-state index contributed by atoms with van der Waals surface area (Å²) in [7, 11) is 0. The number of anilines is 1. The van der Waals surface area contributed by atoms with E-state index in [9.17, 15) is 9.59 Å². The van der Waals surface area contributed by atoms with Gasteiger partial charge in [-0.1, -0.05) is 26.0 Å². The average Bonchev–Trinajstić information content (AvgIpc) is 3.07. The van der Waals surface area contributed by atoms with Gasteiger partial charge >= 0.3 is 0 Å². The number of aryl methyl sites for hydroxylation is 3. The van der Waals surface area contributed by atoms with Gasteiger partial charge in [-0.25, -0.2) is 4.52 Å². The number of carbonyl (C=O) groups is 1. The van der Waals surface area contributed by atoms with Crippen LogP contribution in [-0.2, 0) is 24.2 Å². The van der Waals surface area contributed by atoms with Crippen LogP contribution in [0.15, 0.2) is 41.5 Å². The summed E-state index contributed by atoms with van der Waals surface area (Å²) in [5.41, 5.74) is 4.75. The molecule has 0 saturated carbocycles. The zero-order valence-corrected chi connectivity index (χ0v) is 16.4. The molecule has 0 aliphatic heterocycles. The van der Waals surface area contributed by atoms with Crippen molar-refractivity contribution in [2.24, 2.45) is 0 Å². The molecular weight excluding hydrogens is 352 g/mol. The highest BCUT2D eigenvalue weighted by Crippen LogP contribution is 2.22. The molecule has 0 radical (unpaired) electrons. The summed E-state index contributed by atoms with van der Waals surface area (Å²) in [5, 5.41) is 7.46. The minimum atomic E-state index is -0.0976. The van der Waals surface area contributed by atoms with Crippen LogP contribution >= 0.6 is 0 Å². The Labute approximate surface area is 164 Å². The lowest BCUT2D eigenvalue weighted by Gasteiger charge is -2.10. The molecule has 146 valence electrons. The minimum absolute atomic E-state index is 0.0627. The highest BCUT2D eigenvalue weighted by atomic mass is 16.2. The number of rotatable bonds is 5. The molecule has 0 fully saturated rings. The lowest BCUT2D eigenvalue weighted by molar-refractivity contribution is -0.116. The van der Waals surface area contributed by atoms with Gasteiger partial charge in [-0.3, -0.25) is 9.59 Å². The first-order valence-electron chi connectivity index (χ1n) is 10.0. The molecule has 0 bridgehead atoms. The molecule has 1 aromatic carbocycles. The number of nitrogens with one attached hydrogen (secondary N) is 1. The van der Waals surface area contributed by atoms with Gasteiger partial charge in [0, 0.05) is 36.6 Å². The molecule has 0 unspecified atom stereocenters. The Bertz CT molecular complexity index is 1060. The van der Waals surface area contributed by atoms with Crippen LogP contribution in [0, 0.1) is 0 Å². The third kappa shape index (κ3) is 3.59. The van der Waals surface area contributed by atoms with Crippen molar-refractivity contribution in [1.29, 1.82) is 0 Å². The van der Waals surface area contributed by atoms with Gasteiger partial charge in [0.1, 0.15) is 5.52 Å². The molecule has 1 amide bonds. The van der Waals surface area contributed by atoms with Crippen molar-refractivity contribution in [2.75, 3.05) is 5.32 Å². The third-order valence-corrected chi connectivity index (χ3v) is 5.47. The average molecular weight is 378 g/mol. The van der Waals surface area contributed by atoms with Crippen molar-refractivity contribution >= 4 is 17.1 Å². The predicted octanol–water partition coefficient (Wildman–Crippen LogP) is 3.53. The number of benzene rings is 1. The normalized spacial score (nSPS) is 13.7. The molecule has 28 heavy (non-hydrogen) atoms. The number of nitrogens with zero attached hydrogens (tertiary/aromatic N) is 3. The summed E-state index contributed by atoms with van der Waals surface area (Å²) in [4.78, 5) is 25.2. The molecular formula is C22H26N4O2. The second-order valence-electron chi connectivity index (χ2n) is 7.80. The predicted molar refractivity (Wildman–Crippen MR) is 110 cm³/mol. The van der Waals surface area contributed by atoms with Crippen LogP contribution in [0.1, 0.15) is 55.8 Å². The second-order valence-corrected chi connectivity index (χ2v) is 7.80. The molecule has 1 aliphatic carbocycles. The van der Waals surface area contributed by atoms with E-state index in [0.29, 0.717) is 18.0 Å². The van der Waals surface area contributed by atoms with Crippen molar-refractivity contribution in [2.45, 2.75) is 58.4 Å². The topological polar surface area (TPSA) is 68.4 Å². The van der Waals surface area contributed by atoms with E-state index >= 15 is 0 Å². The summed E-state index contributed by atoms with van der Waals surface area (Å²) in [6, 6.07) is 7.90. The summed E-state index contributed by atoms with van der Waals surface area (Å²) >= 11 is 0. The number of aromatic nitrogens is 3.